The molecular weight excluding hydrogens is 135 g/mol. The van der Waals surface area contributed by atoms with Crippen molar-refractivity contribution in [3.05, 3.63) is 35.4 Å². The Labute approximate surface area is 77.4 Å². The van der Waals surface area contributed by atoms with Crippen molar-refractivity contribution in [3.63, 3.8) is 0 Å². The summed E-state index contributed by atoms with van der Waals surface area (Å²) >= 11 is 0. The van der Waals surface area contributed by atoms with Crippen LogP contribution in [0.2, 0.25) is 0 Å². The van der Waals surface area contributed by atoms with E-state index in [1.54, 1.807) is 24.3 Å². The van der Waals surface area contributed by atoms with Crippen LogP contribution in [-0.2, 0) is 0 Å². The van der Waals surface area contributed by atoms with Gasteiger partial charge in [0.1, 0.15) is 0 Å². The molecule has 0 heterocycles. The van der Waals surface area contributed by atoms with Gasteiger partial charge in [0.05, 0.1) is 5.56 Å². The fraction of sp³-hybridized carbons (Fsp3) is 0.125. The van der Waals surface area contributed by atoms with Gasteiger partial charge in [-0.1, -0.05) is 17.7 Å². The second-order valence-corrected chi connectivity index (χ2v) is 2.17. The van der Waals surface area contributed by atoms with Crippen LogP contribution in [-0.4, -0.2) is 29.9 Å². The zero-order valence-electron chi connectivity index (χ0n) is 5.66. The summed E-state index contributed by atoms with van der Waals surface area (Å²) in [6.45, 7) is 1.92. The van der Waals surface area contributed by atoms with E-state index in [1.807, 2.05) is 6.92 Å². The number of rotatable bonds is 1. The van der Waals surface area contributed by atoms with Crippen LogP contribution in [0, 0.1) is 6.92 Å². The molecule has 11 heavy (non-hydrogen) atoms. The van der Waals surface area contributed by atoms with E-state index in [-0.39, 0.29) is 18.9 Å². The summed E-state index contributed by atoms with van der Waals surface area (Å²) < 4.78 is 0. The molecule has 0 bridgehead atoms. The van der Waals surface area contributed by atoms with Gasteiger partial charge < -0.3 is 5.11 Å². The Morgan fingerprint density at radius 1 is 1.27 bits per heavy atom. The molecule has 0 fully saturated rings. The quantitative estimate of drug-likeness (QED) is 0.598. The van der Waals surface area contributed by atoms with Crippen LogP contribution in [0.5, 0.6) is 0 Å². The number of benzene rings is 1. The Kier molecular flexibility index (Phi) is 3.95. The van der Waals surface area contributed by atoms with Crippen LogP contribution in [0.1, 0.15) is 15.9 Å². The molecule has 1 aromatic carbocycles. The molecular formula is C8H9LiO2. The van der Waals surface area contributed by atoms with Crippen LogP contribution in [0.15, 0.2) is 24.3 Å². The number of hydrogen-bond acceptors (Lipinski definition) is 1. The molecule has 0 atom stereocenters. The van der Waals surface area contributed by atoms with Gasteiger partial charge in [-0.3, -0.25) is 0 Å². The fourth-order valence-corrected chi connectivity index (χ4v) is 0.696. The first kappa shape index (κ1) is 10.3. The van der Waals surface area contributed by atoms with Crippen molar-refractivity contribution in [1.29, 1.82) is 0 Å². The average Bonchev–Trinajstić information content (AvgIpc) is 1.88. The molecule has 1 N–H and O–H groups in total. The van der Waals surface area contributed by atoms with E-state index in [0.29, 0.717) is 5.56 Å². The molecule has 1 aromatic rings. The second-order valence-electron chi connectivity index (χ2n) is 2.17. The average molecular weight is 144 g/mol. The third kappa shape index (κ3) is 2.79. The molecule has 3 heteroatoms. The van der Waals surface area contributed by atoms with Gasteiger partial charge in [-0.2, -0.15) is 0 Å². The number of aromatic carboxylic acids is 1. The van der Waals surface area contributed by atoms with Crippen LogP contribution in [0.3, 0.4) is 0 Å². The van der Waals surface area contributed by atoms with E-state index in [0.717, 1.165) is 5.56 Å². The summed E-state index contributed by atoms with van der Waals surface area (Å²) in [6, 6.07) is 6.75. The van der Waals surface area contributed by atoms with Gasteiger partial charge in [0, 0.05) is 0 Å². The Bertz CT molecular complexity index is 241. The van der Waals surface area contributed by atoms with Crippen LogP contribution in [0.4, 0.5) is 0 Å². The fourth-order valence-electron chi connectivity index (χ4n) is 0.696. The Hall–Kier alpha value is -0.713. The van der Waals surface area contributed by atoms with Gasteiger partial charge in [0.2, 0.25) is 0 Å². The zero-order valence-corrected chi connectivity index (χ0v) is 5.66. The molecule has 0 radical (unpaired) electrons. The summed E-state index contributed by atoms with van der Waals surface area (Å²) in [7, 11) is 0. The molecule has 0 aliphatic heterocycles. The maximum absolute atomic E-state index is 10.3. The third-order valence-corrected chi connectivity index (χ3v) is 1.30. The number of carbonyl (C=O) groups is 1. The maximum atomic E-state index is 10.3. The van der Waals surface area contributed by atoms with Crippen LogP contribution >= 0.6 is 0 Å². The van der Waals surface area contributed by atoms with Crippen molar-refractivity contribution in [2.45, 2.75) is 6.92 Å². The Balaban J connectivity index is 0.000001000. The normalized spacial score (nSPS) is 8.45. The van der Waals surface area contributed by atoms with E-state index in [1.165, 1.54) is 0 Å². The molecule has 0 aliphatic carbocycles. The van der Waals surface area contributed by atoms with Crippen molar-refractivity contribution >= 4 is 24.8 Å². The number of hydrogen-bond donors (Lipinski definition) is 1. The SMILES string of the molecule is Cc1ccc(C(=O)O)cc1.[LiH]. The van der Waals surface area contributed by atoms with Crippen LogP contribution < -0.4 is 0 Å². The molecule has 0 amide bonds. The topological polar surface area (TPSA) is 37.3 Å². The molecule has 0 saturated carbocycles. The van der Waals surface area contributed by atoms with E-state index in [9.17, 15) is 4.79 Å². The van der Waals surface area contributed by atoms with Gasteiger partial charge in [0.25, 0.3) is 0 Å². The number of carboxylic acids is 1. The van der Waals surface area contributed by atoms with Crippen molar-refractivity contribution in [3.8, 4) is 0 Å². The molecule has 54 valence electrons. The minimum absolute atomic E-state index is 0. The Morgan fingerprint density at radius 2 is 1.73 bits per heavy atom. The summed E-state index contributed by atoms with van der Waals surface area (Å²) in [5, 5.41) is 8.48. The number of carboxylic acid groups (broad SMARTS) is 1. The van der Waals surface area contributed by atoms with Crippen molar-refractivity contribution < 1.29 is 9.90 Å². The van der Waals surface area contributed by atoms with E-state index >= 15 is 0 Å². The van der Waals surface area contributed by atoms with Gasteiger partial charge in [-0.25, -0.2) is 4.79 Å². The first-order valence-electron chi connectivity index (χ1n) is 3.00. The van der Waals surface area contributed by atoms with Gasteiger partial charge in [-0.05, 0) is 19.1 Å². The Morgan fingerprint density at radius 3 is 2.09 bits per heavy atom. The zero-order chi connectivity index (χ0) is 7.56. The molecule has 0 saturated heterocycles. The molecule has 0 spiro atoms. The standard InChI is InChI=1S/C8H8O2.Li.H/c1-6-2-4-7(5-3-6)8(9)10;;/h2-5H,1H3,(H,9,10);;. The summed E-state index contributed by atoms with van der Waals surface area (Å²) in [5.41, 5.74) is 1.41. The number of aryl methyl sites for hydroxylation is 1. The van der Waals surface area contributed by atoms with E-state index in [4.69, 9.17) is 5.11 Å². The third-order valence-electron chi connectivity index (χ3n) is 1.30. The second kappa shape index (κ2) is 4.22. The monoisotopic (exact) mass is 144 g/mol. The first-order valence-corrected chi connectivity index (χ1v) is 3.00. The van der Waals surface area contributed by atoms with E-state index < -0.39 is 5.97 Å². The van der Waals surface area contributed by atoms with Gasteiger partial charge in [0.15, 0.2) is 0 Å². The molecule has 0 aliphatic rings. The van der Waals surface area contributed by atoms with Gasteiger partial charge >= 0.3 is 24.8 Å². The molecule has 0 aromatic heterocycles. The van der Waals surface area contributed by atoms with Crippen LogP contribution in [0.25, 0.3) is 0 Å². The molecule has 0 unspecified atom stereocenters. The predicted octanol–water partition coefficient (Wildman–Crippen LogP) is 1.04. The molecule has 2 nitrogen and oxygen atoms in total. The van der Waals surface area contributed by atoms with Crippen molar-refractivity contribution in [1.82, 2.24) is 0 Å². The van der Waals surface area contributed by atoms with Crippen molar-refractivity contribution in [2.24, 2.45) is 0 Å². The summed E-state index contributed by atoms with van der Waals surface area (Å²) in [6.07, 6.45) is 0. The first-order chi connectivity index (χ1) is 4.70. The molecule has 1 rings (SSSR count). The van der Waals surface area contributed by atoms with E-state index in [2.05, 4.69) is 0 Å². The summed E-state index contributed by atoms with van der Waals surface area (Å²) in [5.74, 6) is -0.875. The van der Waals surface area contributed by atoms with Crippen molar-refractivity contribution in [2.75, 3.05) is 0 Å². The predicted molar refractivity (Wildman–Crippen MR) is 45.3 cm³/mol. The van der Waals surface area contributed by atoms with Gasteiger partial charge in [-0.15, -0.1) is 0 Å². The minimum atomic E-state index is -0.875. The summed E-state index contributed by atoms with van der Waals surface area (Å²) in [4.78, 5) is 10.3.